The van der Waals surface area contributed by atoms with E-state index >= 15 is 0 Å². The molecule has 4 heterocycles. The fourth-order valence-corrected chi connectivity index (χ4v) is 4.97. The van der Waals surface area contributed by atoms with Crippen LogP contribution in [-0.4, -0.2) is 26.0 Å². The maximum absolute atomic E-state index is 13.5. The number of methoxy groups -OCH3 is 1. The molecule has 0 amide bonds. The first kappa shape index (κ1) is 22.9. The zero-order valence-corrected chi connectivity index (χ0v) is 21.0. The van der Waals surface area contributed by atoms with Crippen molar-refractivity contribution in [3.05, 3.63) is 99.3 Å². The largest absolute Gasteiger partial charge is 0.378 e. The van der Waals surface area contributed by atoms with Crippen molar-refractivity contribution in [2.75, 3.05) is 17.3 Å². The Morgan fingerprint density at radius 3 is 2.76 bits per heavy atom. The van der Waals surface area contributed by atoms with Crippen LogP contribution in [0.15, 0.2) is 71.8 Å². The molecule has 37 heavy (non-hydrogen) atoms. The van der Waals surface area contributed by atoms with Crippen molar-refractivity contribution in [3.63, 3.8) is 0 Å². The van der Waals surface area contributed by atoms with Gasteiger partial charge in [-0.1, -0.05) is 42.5 Å². The minimum absolute atomic E-state index is 0.137. The van der Waals surface area contributed by atoms with Crippen LogP contribution >= 0.6 is 0 Å². The molecule has 0 fully saturated rings. The van der Waals surface area contributed by atoms with Crippen LogP contribution in [0.1, 0.15) is 11.3 Å². The number of pyridine rings is 1. The van der Waals surface area contributed by atoms with Gasteiger partial charge in [-0.15, -0.1) is 0 Å². The van der Waals surface area contributed by atoms with Crippen molar-refractivity contribution in [2.24, 2.45) is 14.1 Å². The van der Waals surface area contributed by atoms with Gasteiger partial charge in [0.15, 0.2) is 5.82 Å². The maximum atomic E-state index is 13.5. The third-order valence-electron chi connectivity index (χ3n) is 6.78. The van der Waals surface area contributed by atoms with E-state index in [-0.39, 0.29) is 5.56 Å². The first-order valence-corrected chi connectivity index (χ1v) is 12.2. The van der Waals surface area contributed by atoms with E-state index in [2.05, 4.69) is 56.6 Å². The molecule has 1 N–H and O–H groups in total. The lowest BCUT2D eigenvalue weighted by atomic mass is 10.0. The summed E-state index contributed by atoms with van der Waals surface area (Å²) in [6.07, 6.45) is 15.4. The molecule has 2 aliphatic rings. The van der Waals surface area contributed by atoms with E-state index in [0.29, 0.717) is 18.1 Å². The molecule has 8 nitrogen and oxygen atoms in total. The van der Waals surface area contributed by atoms with E-state index in [1.165, 1.54) is 10.9 Å². The fourth-order valence-electron chi connectivity index (χ4n) is 4.97. The number of hydrogen-bond donors (Lipinski definition) is 1. The standard InChI is InChI=1S/C29H28N6O2/c1-32-18-25(34-13-14-35-22(17-34)15-21-11-7-8-12-24(21)35)27(20-9-5-4-6-10-20)28(29(32)36)30-26-16-23(19-37-3)33(2)31-26/h4-10,12-18H,11,19H2,1-3H3,(H,30,31). The Morgan fingerprint density at radius 1 is 1.11 bits per heavy atom. The van der Waals surface area contributed by atoms with Gasteiger partial charge in [0.05, 0.1) is 23.3 Å². The summed E-state index contributed by atoms with van der Waals surface area (Å²) in [5.41, 5.74) is 5.16. The molecule has 3 aromatic heterocycles. The van der Waals surface area contributed by atoms with Crippen molar-refractivity contribution >= 4 is 35.7 Å². The molecule has 0 radical (unpaired) electrons. The number of allylic oxidation sites excluding steroid dienone is 2. The van der Waals surface area contributed by atoms with E-state index in [4.69, 9.17) is 4.74 Å². The van der Waals surface area contributed by atoms with Crippen molar-refractivity contribution in [3.8, 4) is 11.1 Å². The van der Waals surface area contributed by atoms with Crippen molar-refractivity contribution < 1.29 is 4.74 Å². The molecule has 1 aromatic carbocycles. The van der Waals surface area contributed by atoms with E-state index in [0.717, 1.165) is 34.3 Å². The highest BCUT2D eigenvalue weighted by atomic mass is 16.5. The topological polar surface area (TPSA) is 69.2 Å². The second-order valence-corrected chi connectivity index (χ2v) is 9.23. The number of fused-ring (bicyclic) bond motifs is 3. The van der Waals surface area contributed by atoms with Gasteiger partial charge >= 0.3 is 0 Å². The van der Waals surface area contributed by atoms with Gasteiger partial charge in [0.1, 0.15) is 5.69 Å². The van der Waals surface area contributed by atoms with Crippen LogP contribution in [0.2, 0.25) is 0 Å². The number of aryl methyl sites for hydroxylation is 2. The highest BCUT2D eigenvalue weighted by Crippen LogP contribution is 2.37. The summed E-state index contributed by atoms with van der Waals surface area (Å²) in [6.45, 7) is 0.429. The lowest BCUT2D eigenvalue weighted by molar-refractivity contribution is 0.178. The molecule has 1 aliphatic carbocycles. The number of hydrogen-bond acceptors (Lipinski definition) is 5. The molecule has 6 rings (SSSR count). The van der Waals surface area contributed by atoms with Gasteiger partial charge in [-0.25, -0.2) is 0 Å². The van der Waals surface area contributed by atoms with Crippen molar-refractivity contribution in [2.45, 2.75) is 13.0 Å². The van der Waals surface area contributed by atoms with Gasteiger partial charge in [-0.05, 0) is 29.7 Å². The second-order valence-electron chi connectivity index (χ2n) is 9.23. The number of benzene rings is 1. The first-order chi connectivity index (χ1) is 18.0. The molecule has 0 saturated heterocycles. The Labute approximate surface area is 214 Å². The normalized spacial score (nSPS) is 13.6. The average Bonchev–Trinajstić information content (AvgIpc) is 3.46. The van der Waals surface area contributed by atoms with E-state index in [9.17, 15) is 4.79 Å². The Bertz CT molecular complexity index is 1740. The Morgan fingerprint density at radius 2 is 1.95 bits per heavy atom. The molecule has 0 saturated carbocycles. The zero-order chi connectivity index (χ0) is 25.5. The van der Waals surface area contributed by atoms with E-state index < -0.39 is 0 Å². The quantitative estimate of drug-likeness (QED) is 0.448. The van der Waals surface area contributed by atoms with Gasteiger partial charge in [0.25, 0.3) is 5.56 Å². The van der Waals surface area contributed by atoms with Gasteiger partial charge in [0, 0.05) is 63.0 Å². The minimum Gasteiger partial charge on any atom is -0.378 e. The van der Waals surface area contributed by atoms with E-state index in [1.54, 1.807) is 23.4 Å². The molecule has 4 aromatic rings. The number of ether oxygens (including phenoxy) is 1. The van der Waals surface area contributed by atoms with Crippen LogP contribution in [-0.2, 0) is 31.9 Å². The van der Waals surface area contributed by atoms with Crippen LogP contribution in [0.4, 0.5) is 17.2 Å². The average molecular weight is 493 g/mol. The molecule has 1 aliphatic heterocycles. The summed E-state index contributed by atoms with van der Waals surface area (Å²) in [4.78, 5) is 15.6. The molecule has 0 spiro atoms. The summed E-state index contributed by atoms with van der Waals surface area (Å²) >= 11 is 0. The summed E-state index contributed by atoms with van der Waals surface area (Å²) in [6, 6.07) is 14.1. The van der Waals surface area contributed by atoms with Crippen LogP contribution in [0.5, 0.6) is 0 Å². The number of aromatic nitrogens is 4. The van der Waals surface area contributed by atoms with Gasteiger partial charge in [-0.3, -0.25) is 9.48 Å². The highest BCUT2D eigenvalue weighted by Gasteiger charge is 2.22. The molecule has 8 heteroatoms. The zero-order valence-electron chi connectivity index (χ0n) is 21.0. The smallest absolute Gasteiger partial charge is 0.274 e. The summed E-state index contributed by atoms with van der Waals surface area (Å²) < 4.78 is 10.9. The molecule has 0 atom stereocenters. The molecular weight excluding hydrogens is 464 g/mol. The third-order valence-corrected chi connectivity index (χ3v) is 6.78. The lowest BCUT2D eigenvalue weighted by Gasteiger charge is -2.25. The Balaban J connectivity index is 1.53. The molecule has 186 valence electrons. The summed E-state index contributed by atoms with van der Waals surface area (Å²) in [5, 5.41) is 10.2. The number of nitrogens with one attached hydrogen (secondary N) is 1. The Hall–Kier alpha value is -4.56. The van der Waals surface area contributed by atoms with Gasteiger partial charge in [-0.2, -0.15) is 5.10 Å². The van der Waals surface area contributed by atoms with Gasteiger partial charge in [0.2, 0.25) is 0 Å². The van der Waals surface area contributed by atoms with Gasteiger partial charge < -0.3 is 24.1 Å². The molecule has 0 bridgehead atoms. The van der Waals surface area contributed by atoms with Crippen molar-refractivity contribution in [1.82, 2.24) is 18.9 Å². The molecular formula is C29H28N6O2. The summed E-state index contributed by atoms with van der Waals surface area (Å²) in [7, 11) is 5.29. The maximum Gasteiger partial charge on any atom is 0.274 e. The molecule has 0 unspecified atom stereocenters. The number of nitrogens with zero attached hydrogens (tertiary/aromatic N) is 5. The monoisotopic (exact) mass is 492 g/mol. The summed E-state index contributed by atoms with van der Waals surface area (Å²) in [5.74, 6) is 0.587. The van der Waals surface area contributed by atoms with Crippen LogP contribution in [0, 0.1) is 0 Å². The highest BCUT2D eigenvalue weighted by molar-refractivity contribution is 5.92. The fraction of sp³-hybridized carbons (Fsp3) is 0.172. The van der Waals surface area contributed by atoms with Crippen molar-refractivity contribution in [1.29, 1.82) is 0 Å². The van der Waals surface area contributed by atoms with Crippen LogP contribution in [0.25, 0.3) is 29.6 Å². The SMILES string of the molecule is COCc1cc(Nc2c(-c3ccccc3)c(N3C=Cn4c(cc5c4=CC=CC5)=C3)cn(C)c2=O)nn1C. The van der Waals surface area contributed by atoms with E-state index in [1.807, 2.05) is 55.8 Å². The van der Waals surface area contributed by atoms with Crippen LogP contribution in [0.3, 0.4) is 0 Å². The second kappa shape index (κ2) is 9.15. The number of rotatable bonds is 6. The third kappa shape index (κ3) is 4.01. The minimum atomic E-state index is -0.137. The first-order valence-electron chi connectivity index (χ1n) is 12.2. The predicted molar refractivity (Wildman–Crippen MR) is 148 cm³/mol. The van der Waals surface area contributed by atoms with Crippen LogP contribution < -0.4 is 26.5 Å². The predicted octanol–water partition coefficient (Wildman–Crippen LogP) is 3.06. The number of anilines is 3. The Kier molecular flexibility index (Phi) is 5.65. The lowest BCUT2D eigenvalue weighted by Crippen LogP contribution is -2.31.